The van der Waals surface area contributed by atoms with Crippen molar-refractivity contribution >= 4 is 15.9 Å². The first-order valence-electron chi connectivity index (χ1n) is 9.35. The maximum Gasteiger partial charge on any atom is 0.271 e. The zero-order chi connectivity index (χ0) is 19.0. The molecular formula is C19H24N4O3S. The zero-order valence-electron chi connectivity index (χ0n) is 15.4. The number of sulfonamides is 1. The van der Waals surface area contributed by atoms with Crippen LogP contribution in [-0.4, -0.2) is 60.0 Å². The van der Waals surface area contributed by atoms with E-state index in [1.165, 1.54) is 0 Å². The number of amides is 1. The number of hydrogen-bond acceptors (Lipinski definition) is 4. The maximum absolute atomic E-state index is 12.9. The van der Waals surface area contributed by atoms with Crippen molar-refractivity contribution in [3.05, 3.63) is 47.8 Å². The number of benzene rings is 1. The highest BCUT2D eigenvalue weighted by molar-refractivity contribution is 7.89. The van der Waals surface area contributed by atoms with E-state index < -0.39 is 10.0 Å². The standard InChI is InChI=1S/C19H24N4O3S/c1-21-10-6-12-23-18(19(21)24)13-17(20-23)15-7-5-11-22(14-15)27(25,26)16-8-3-2-4-9-16/h2-4,8-9,13,15H,5-7,10-12,14H2,1H3. The van der Waals surface area contributed by atoms with E-state index in [4.69, 9.17) is 0 Å². The predicted octanol–water partition coefficient (Wildman–Crippen LogP) is 1.93. The minimum absolute atomic E-state index is 0.00905. The molecule has 1 fully saturated rings. The van der Waals surface area contributed by atoms with Gasteiger partial charge in [-0.25, -0.2) is 8.42 Å². The van der Waals surface area contributed by atoms with Crippen molar-refractivity contribution in [3.8, 4) is 0 Å². The van der Waals surface area contributed by atoms with E-state index in [0.29, 0.717) is 30.2 Å². The van der Waals surface area contributed by atoms with Gasteiger partial charge in [0.15, 0.2) is 0 Å². The van der Waals surface area contributed by atoms with Crippen LogP contribution in [0.5, 0.6) is 0 Å². The quantitative estimate of drug-likeness (QED) is 0.805. The lowest BCUT2D eigenvalue weighted by Crippen LogP contribution is -2.39. The van der Waals surface area contributed by atoms with Crippen molar-refractivity contribution in [2.75, 3.05) is 26.7 Å². The maximum atomic E-state index is 12.9. The van der Waals surface area contributed by atoms with Crippen LogP contribution in [0.25, 0.3) is 0 Å². The molecule has 1 amide bonds. The van der Waals surface area contributed by atoms with E-state index >= 15 is 0 Å². The molecule has 0 N–H and O–H groups in total. The number of piperidine rings is 1. The van der Waals surface area contributed by atoms with Gasteiger partial charge in [-0.2, -0.15) is 9.40 Å². The number of carbonyl (C=O) groups excluding carboxylic acids is 1. The van der Waals surface area contributed by atoms with Gasteiger partial charge < -0.3 is 4.90 Å². The minimum atomic E-state index is -3.51. The molecule has 2 aliphatic rings. The van der Waals surface area contributed by atoms with Crippen molar-refractivity contribution in [1.29, 1.82) is 0 Å². The second kappa shape index (κ2) is 7.09. The number of aryl methyl sites for hydroxylation is 1. The fourth-order valence-corrected chi connectivity index (χ4v) is 5.42. The van der Waals surface area contributed by atoms with E-state index in [-0.39, 0.29) is 11.8 Å². The van der Waals surface area contributed by atoms with E-state index in [2.05, 4.69) is 5.10 Å². The summed E-state index contributed by atoms with van der Waals surface area (Å²) in [5.41, 5.74) is 1.43. The number of rotatable bonds is 3. The highest BCUT2D eigenvalue weighted by Gasteiger charge is 2.33. The SMILES string of the molecule is CN1CCCn2nc(C3CCCN(S(=O)(=O)c4ccccc4)C3)cc2C1=O. The van der Waals surface area contributed by atoms with Gasteiger partial charge in [-0.15, -0.1) is 0 Å². The molecule has 0 aliphatic carbocycles. The molecule has 144 valence electrons. The molecule has 2 aliphatic heterocycles. The lowest BCUT2D eigenvalue weighted by Gasteiger charge is -2.31. The van der Waals surface area contributed by atoms with Crippen LogP contribution in [0.3, 0.4) is 0 Å². The third kappa shape index (κ3) is 3.39. The Labute approximate surface area is 159 Å². The molecule has 3 heterocycles. The average Bonchev–Trinajstić information content (AvgIpc) is 3.07. The van der Waals surface area contributed by atoms with Crippen LogP contribution in [-0.2, 0) is 16.6 Å². The zero-order valence-corrected chi connectivity index (χ0v) is 16.2. The first-order chi connectivity index (χ1) is 13.0. The Morgan fingerprint density at radius 3 is 2.63 bits per heavy atom. The van der Waals surface area contributed by atoms with E-state index in [0.717, 1.165) is 31.5 Å². The highest BCUT2D eigenvalue weighted by atomic mass is 32.2. The van der Waals surface area contributed by atoms with Crippen LogP contribution in [0.4, 0.5) is 0 Å². The molecule has 2 aromatic rings. The van der Waals surface area contributed by atoms with Crippen LogP contribution in [0, 0.1) is 0 Å². The largest absolute Gasteiger partial charge is 0.340 e. The molecular weight excluding hydrogens is 364 g/mol. The molecule has 4 rings (SSSR count). The molecule has 0 saturated carbocycles. The summed E-state index contributed by atoms with van der Waals surface area (Å²) in [7, 11) is -1.70. The molecule has 0 radical (unpaired) electrons. The van der Waals surface area contributed by atoms with Crippen LogP contribution in [0.15, 0.2) is 41.3 Å². The van der Waals surface area contributed by atoms with Gasteiger partial charge in [0.25, 0.3) is 5.91 Å². The van der Waals surface area contributed by atoms with E-state index in [9.17, 15) is 13.2 Å². The molecule has 1 unspecified atom stereocenters. The van der Waals surface area contributed by atoms with Crippen LogP contribution < -0.4 is 0 Å². The fourth-order valence-electron chi connectivity index (χ4n) is 3.88. The number of hydrogen-bond donors (Lipinski definition) is 0. The van der Waals surface area contributed by atoms with Crippen LogP contribution >= 0.6 is 0 Å². The lowest BCUT2D eigenvalue weighted by atomic mass is 9.96. The topological polar surface area (TPSA) is 75.5 Å². The van der Waals surface area contributed by atoms with Crippen molar-refractivity contribution < 1.29 is 13.2 Å². The van der Waals surface area contributed by atoms with Gasteiger partial charge in [-0.1, -0.05) is 18.2 Å². The second-order valence-electron chi connectivity index (χ2n) is 7.27. The fraction of sp³-hybridized carbons (Fsp3) is 0.474. The Morgan fingerprint density at radius 1 is 1.07 bits per heavy atom. The Kier molecular flexibility index (Phi) is 4.77. The molecule has 1 atom stereocenters. The van der Waals surface area contributed by atoms with Gasteiger partial charge in [0, 0.05) is 39.1 Å². The normalized spacial score (nSPS) is 21.7. The molecule has 1 saturated heterocycles. The molecule has 8 heteroatoms. The Balaban J connectivity index is 1.59. The van der Waals surface area contributed by atoms with Crippen LogP contribution in [0.2, 0.25) is 0 Å². The monoisotopic (exact) mass is 388 g/mol. The summed E-state index contributed by atoms with van der Waals surface area (Å²) < 4.78 is 29.2. The molecule has 0 spiro atoms. The average molecular weight is 388 g/mol. The lowest BCUT2D eigenvalue weighted by molar-refractivity contribution is 0.0796. The summed E-state index contributed by atoms with van der Waals surface area (Å²) in [5, 5.41) is 4.66. The van der Waals surface area contributed by atoms with Crippen molar-refractivity contribution in [3.63, 3.8) is 0 Å². The summed E-state index contributed by atoms with van der Waals surface area (Å²) in [6, 6.07) is 10.4. The summed E-state index contributed by atoms with van der Waals surface area (Å²) in [5.74, 6) is -0.00871. The Hall–Kier alpha value is -2.19. The summed E-state index contributed by atoms with van der Waals surface area (Å²) >= 11 is 0. The third-order valence-corrected chi connectivity index (χ3v) is 7.29. The summed E-state index contributed by atoms with van der Waals surface area (Å²) in [6.07, 6.45) is 2.53. The van der Waals surface area contributed by atoms with Crippen LogP contribution in [0.1, 0.15) is 41.4 Å². The Morgan fingerprint density at radius 2 is 1.85 bits per heavy atom. The van der Waals surface area contributed by atoms with Gasteiger partial charge in [0.1, 0.15) is 5.69 Å². The number of fused-ring (bicyclic) bond motifs is 1. The third-order valence-electron chi connectivity index (χ3n) is 5.41. The summed E-state index contributed by atoms with van der Waals surface area (Å²) in [6.45, 7) is 2.36. The molecule has 0 bridgehead atoms. The predicted molar refractivity (Wildman–Crippen MR) is 101 cm³/mol. The minimum Gasteiger partial charge on any atom is -0.340 e. The molecule has 1 aromatic heterocycles. The highest BCUT2D eigenvalue weighted by Crippen LogP contribution is 2.30. The van der Waals surface area contributed by atoms with Crippen molar-refractivity contribution in [2.45, 2.75) is 36.6 Å². The van der Waals surface area contributed by atoms with Gasteiger partial charge in [-0.05, 0) is 37.5 Å². The summed E-state index contributed by atoms with van der Waals surface area (Å²) in [4.78, 5) is 14.5. The van der Waals surface area contributed by atoms with E-state index in [1.54, 1.807) is 45.2 Å². The van der Waals surface area contributed by atoms with E-state index in [1.807, 2.05) is 12.1 Å². The van der Waals surface area contributed by atoms with Crippen molar-refractivity contribution in [1.82, 2.24) is 19.0 Å². The van der Waals surface area contributed by atoms with Gasteiger partial charge in [0.2, 0.25) is 10.0 Å². The number of carbonyl (C=O) groups is 1. The smallest absolute Gasteiger partial charge is 0.271 e. The first-order valence-corrected chi connectivity index (χ1v) is 10.8. The number of aromatic nitrogens is 2. The Bertz CT molecular complexity index is 939. The molecule has 1 aromatic carbocycles. The number of nitrogens with zero attached hydrogens (tertiary/aromatic N) is 4. The van der Waals surface area contributed by atoms with Gasteiger partial charge >= 0.3 is 0 Å². The first kappa shape index (κ1) is 18.2. The van der Waals surface area contributed by atoms with Gasteiger partial charge in [-0.3, -0.25) is 9.48 Å². The second-order valence-corrected chi connectivity index (χ2v) is 9.21. The molecule has 27 heavy (non-hydrogen) atoms. The van der Waals surface area contributed by atoms with Crippen molar-refractivity contribution in [2.24, 2.45) is 0 Å². The van der Waals surface area contributed by atoms with Gasteiger partial charge in [0.05, 0.1) is 10.6 Å². The molecule has 7 nitrogen and oxygen atoms in total.